The largest absolute Gasteiger partial charge is 0.348 e. The van der Waals surface area contributed by atoms with Gasteiger partial charge in [0.2, 0.25) is 5.91 Å². The maximum Gasteiger partial charge on any atom is 0.238 e. The molecule has 102 valence electrons. The number of carbonyl (C=O) groups excluding carboxylic acids is 1. The maximum atomic E-state index is 13.4. The van der Waals surface area contributed by atoms with Crippen LogP contribution in [0.5, 0.6) is 0 Å². The first-order chi connectivity index (χ1) is 9.24. The Balaban J connectivity index is 1.75. The molecule has 1 saturated heterocycles. The second-order valence-corrected chi connectivity index (χ2v) is 6.82. The van der Waals surface area contributed by atoms with Crippen molar-refractivity contribution in [2.45, 2.75) is 23.4 Å². The predicted molar refractivity (Wildman–Crippen MR) is 76.9 cm³/mol. The number of nitrogens with one attached hydrogen (secondary N) is 2. The van der Waals surface area contributed by atoms with E-state index >= 15 is 0 Å². The molecule has 2 aliphatic heterocycles. The second kappa shape index (κ2) is 5.73. The van der Waals surface area contributed by atoms with Gasteiger partial charge in [0.25, 0.3) is 0 Å². The Morgan fingerprint density at radius 1 is 1.47 bits per heavy atom. The van der Waals surface area contributed by atoms with Gasteiger partial charge in [0.05, 0.1) is 12.1 Å². The lowest BCUT2D eigenvalue weighted by Gasteiger charge is -2.27. The average molecular weight is 298 g/mol. The fourth-order valence-corrected chi connectivity index (χ4v) is 4.40. The maximum absolute atomic E-state index is 13.4. The highest BCUT2D eigenvalue weighted by Gasteiger charge is 2.27. The lowest BCUT2D eigenvalue weighted by Crippen LogP contribution is -2.44. The van der Waals surface area contributed by atoms with E-state index in [0.717, 1.165) is 34.3 Å². The third-order valence-electron chi connectivity index (χ3n) is 3.36. The van der Waals surface area contributed by atoms with Crippen LogP contribution in [0.4, 0.5) is 4.39 Å². The molecule has 3 nitrogen and oxygen atoms in total. The van der Waals surface area contributed by atoms with Gasteiger partial charge in [-0.05, 0) is 30.2 Å². The minimum Gasteiger partial charge on any atom is -0.348 e. The molecule has 0 bridgehead atoms. The molecule has 0 saturated carbocycles. The predicted octanol–water partition coefficient (Wildman–Crippen LogP) is 2.14. The Morgan fingerprint density at radius 2 is 2.37 bits per heavy atom. The summed E-state index contributed by atoms with van der Waals surface area (Å²) in [6.07, 6.45) is 0.854. The van der Waals surface area contributed by atoms with Crippen molar-refractivity contribution < 1.29 is 9.18 Å². The lowest BCUT2D eigenvalue weighted by molar-refractivity contribution is -0.123. The SMILES string of the molecule is O=C(NC1CCSc2ccc(F)cc21)C1CSCN1. The van der Waals surface area contributed by atoms with E-state index in [9.17, 15) is 9.18 Å². The fourth-order valence-electron chi connectivity index (χ4n) is 2.35. The van der Waals surface area contributed by atoms with Gasteiger partial charge in [-0.15, -0.1) is 23.5 Å². The molecule has 0 spiro atoms. The first-order valence-electron chi connectivity index (χ1n) is 6.28. The van der Waals surface area contributed by atoms with Crippen LogP contribution in [0, 0.1) is 5.82 Å². The molecule has 3 rings (SSSR count). The third kappa shape index (κ3) is 2.90. The molecule has 2 heterocycles. The highest BCUT2D eigenvalue weighted by atomic mass is 32.2. The number of fused-ring (bicyclic) bond motifs is 1. The van der Waals surface area contributed by atoms with Crippen molar-refractivity contribution in [1.82, 2.24) is 10.6 Å². The molecule has 0 aliphatic carbocycles. The molecule has 1 fully saturated rings. The first kappa shape index (κ1) is 13.3. The van der Waals surface area contributed by atoms with Crippen LogP contribution in [0.15, 0.2) is 23.1 Å². The van der Waals surface area contributed by atoms with Gasteiger partial charge < -0.3 is 5.32 Å². The van der Waals surface area contributed by atoms with Crippen LogP contribution in [-0.4, -0.2) is 29.3 Å². The van der Waals surface area contributed by atoms with Gasteiger partial charge in [-0.3, -0.25) is 10.1 Å². The van der Waals surface area contributed by atoms with Crippen molar-refractivity contribution in [2.24, 2.45) is 0 Å². The van der Waals surface area contributed by atoms with E-state index in [2.05, 4.69) is 10.6 Å². The summed E-state index contributed by atoms with van der Waals surface area (Å²) in [5.41, 5.74) is 0.912. The van der Waals surface area contributed by atoms with Gasteiger partial charge in [-0.2, -0.15) is 0 Å². The molecular weight excluding hydrogens is 283 g/mol. The number of halogens is 1. The Kier molecular flexibility index (Phi) is 4.00. The summed E-state index contributed by atoms with van der Waals surface area (Å²) in [7, 11) is 0. The number of hydrogen-bond acceptors (Lipinski definition) is 4. The van der Waals surface area contributed by atoms with Crippen molar-refractivity contribution in [3.63, 3.8) is 0 Å². The van der Waals surface area contributed by atoms with Crippen molar-refractivity contribution >= 4 is 29.4 Å². The summed E-state index contributed by atoms with van der Waals surface area (Å²) in [4.78, 5) is 13.2. The Hall–Kier alpha value is -0.720. The van der Waals surface area contributed by atoms with Gasteiger partial charge in [0, 0.05) is 22.3 Å². The minimum absolute atomic E-state index is 0.0251. The zero-order valence-electron chi connectivity index (χ0n) is 10.3. The van der Waals surface area contributed by atoms with Crippen molar-refractivity contribution in [1.29, 1.82) is 0 Å². The molecule has 1 amide bonds. The highest BCUT2D eigenvalue weighted by Crippen LogP contribution is 2.36. The third-order valence-corrected chi connectivity index (χ3v) is 5.42. The molecular formula is C13H15FN2OS2. The summed E-state index contributed by atoms with van der Waals surface area (Å²) in [5.74, 6) is 2.37. The Morgan fingerprint density at radius 3 is 3.16 bits per heavy atom. The number of rotatable bonds is 2. The van der Waals surface area contributed by atoms with E-state index < -0.39 is 0 Å². The summed E-state index contributed by atoms with van der Waals surface area (Å²) >= 11 is 3.45. The average Bonchev–Trinajstić information content (AvgIpc) is 2.93. The van der Waals surface area contributed by atoms with Crippen LogP contribution in [0.25, 0.3) is 0 Å². The van der Waals surface area contributed by atoms with Crippen molar-refractivity contribution in [3.8, 4) is 0 Å². The van der Waals surface area contributed by atoms with Crippen molar-refractivity contribution in [3.05, 3.63) is 29.6 Å². The summed E-state index contributed by atoms with van der Waals surface area (Å²) in [6.45, 7) is 0. The molecule has 1 aromatic carbocycles. The van der Waals surface area contributed by atoms with Gasteiger partial charge in [0.1, 0.15) is 5.82 Å². The number of benzene rings is 1. The smallest absolute Gasteiger partial charge is 0.238 e. The molecule has 0 radical (unpaired) electrons. The summed E-state index contributed by atoms with van der Waals surface area (Å²) < 4.78 is 13.4. The molecule has 2 aliphatic rings. The molecule has 0 aromatic heterocycles. The molecule has 6 heteroatoms. The molecule has 2 unspecified atom stereocenters. The van der Waals surface area contributed by atoms with E-state index in [0.29, 0.717) is 0 Å². The van der Waals surface area contributed by atoms with Gasteiger partial charge in [0.15, 0.2) is 0 Å². The topological polar surface area (TPSA) is 41.1 Å². The zero-order chi connectivity index (χ0) is 13.2. The van der Waals surface area contributed by atoms with Gasteiger partial charge >= 0.3 is 0 Å². The van der Waals surface area contributed by atoms with Gasteiger partial charge in [-0.1, -0.05) is 0 Å². The van der Waals surface area contributed by atoms with Crippen molar-refractivity contribution in [2.75, 3.05) is 17.4 Å². The standard InChI is InChI=1S/C13H15FN2OS2/c14-8-1-2-12-9(5-8)10(3-4-19-12)16-13(17)11-6-18-7-15-11/h1-2,5,10-11,15H,3-4,6-7H2,(H,16,17). The Bertz CT molecular complexity index is 492. The fraction of sp³-hybridized carbons (Fsp3) is 0.462. The zero-order valence-corrected chi connectivity index (χ0v) is 12.0. The van der Waals surface area contributed by atoms with Gasteiger partial charge in [-0.25, -0.2) is 4.39 Å². The summed E-state index contributed by atoms with van der Waals surface area (Å²) in [6, 6.07) is 4.65. The lowest BCUT2D eigenvalue weighted by atomic mass is 10.0. The number of amides is 1. The van der Waals surface area contributed by atoms with Crippen LogP contribution in [0.1, 0.15) is 18.0 Å². The van der Waals surface area contributed by atoms with E-state index in [1.54, 1.807) is 35.7 Å². The van der Waals surface area contributed by atoms with Crippen LogP contribution in [-0.2, 0) is 4.79 Å². The van der Waals surface area contributed by atoms with Crippen LogP contribution in [0.3, 0.4) is 0 Å². The molecule has 1 aromatic rings. The number of hydrogen-bond donors (Lipinski definition) is 2. The first-order valence-corrected chi connectivity index (χ1v) is 8.42. The number of carbonyl (C=O) groups is 1. The normalized spacial score (nSPS) is 25.9. The van der Waals surface area contributed by atoms with E-state index in [1.165, 1.54) is 6.07 Å². The number of thioether (sulfide) groups is 2. The monoisotopic (exact) mass is 298 g/mol. The minimum atomic E-state index is -0.241. The molecule has 2 N–H and O–H groups in total. The van der Waals surface area contributed by atoms with Crippen LogP contribution in [0.2, 0.25) is 0 Å². The van der Waals surface area contributed by atoms with Crippen LogP contribution >= 0.6 is 23.5 Å². The van der Waals surface area contributed by atoms with E-state index in [4.69, 9.17) is 0 Å². The Labute approximate surface area is 120 Å². The molecule has 2 atom stereocenters. The highest BCUT2D eigenvalue weighted by molar-refractivity contribution is 7.99. The van der Waals surface area contributed by atoms with E-state index in [1.807, 2.05) is 0 Å². The van der Waals surface area contributed by atoms with E-state index in [-0.39, 0.29) is 23.8 Å². The quantitative estimate of drug-likeness (QED) is 0.878. The van der Waals surface area contributed by atoms with Crippen LogP contribution < -0.4 is 10.6 Å². The summed E-state index contributed by atoms with van der Waals surface area (Å²) in [5, 5.41) is 6.20. The molecule has 19 heavy (non-hydrogen) atoms. The second-order valence-electron chi connectivity index (χ2n) is 4.65.